The molecular formula is C19H23N5O. The molecule has 2 aromatic heterocycles. The predicted octanol–water partition coefficient (Wildman–Crippen LogP) is 3.21. The maximum Gasteiger partial charge on any atom is 0.209 e. The predicted molar refractivity (Wildman–Crippen MR) is 94.9 cm³/mol. The number of hydrogen-bond acceptors (Lipinski definition) is 5. The molecule has 1 fully saturated rings. The molecular weight excluding hydrogens is 314 g/mol. The summed E-state index contributed by atoms with van der Waals surface area (Å²) in [6.45, 7) is 6.64. The summed E-state index contributed by atoms with van der Waals surface area (Å²) in [5, 5.41) is 4.50. The number of benzene rings is 1. The molecule has 1 aliphatic heterocycles. The molecule has 3 heterocycles. The Morgan fingerprint density at radius 1 is 1.20 bits per heavy atom. The van der Waals surface area contributed by atoms with Crippen LogP contribution in [0.25, 0.3) is 11.3 Å². The van der Waals surface area contributed by atoms with Crippen molar-refractivity contribution in [2.75, 3.05) is 6.54 Å². The van der Waals surface area contributed by atoms with Crippen LogP contribution in [0.5, 0.6) is 0 Å². The zero-order valence-electron chi connectivity index (χ0n) is 14.7. The van der Waals surface area contributed by atoms with Gasteiger partial charge in [-0.1, -0.05) is 30.3 Å². The highest BCUT2D eigenvalue weighted by Gasteiger charge is 2.27. The van der Waals surface area contributed by atoms with E-state index in [1.165, 1.54) is 12.8 Å². The van der Waals surface area contributed by atoms with Gasteiger partial charge in [-0.3, -0.25) is 4.90 Å². The lowest BCUT2D eigenvalue weighted by Crippen LogP contribution is -2.33. The minimum absolute atomic E-state index is 0.451. The lowest BCUT2D eigenvalue weighted by molar-refractivity contribution is 0.199. The third kappa shape index (κ3) is 3.49. The number of hydrogen-bond donors (Lipinski definition) is 0. The van der Waals surface area contributed by atoms with E-state index in [1.807, 2.05) is 55.1 Å². The lowest BCUT2D eigenvalue weighted by atomic mass is 10.2. The average Bonchev–Trinajstić information content (AvgIpc) is 3.32. The maximum atomic E-state index is 5.97. The normalized spacial score (nSPS) is 18.1. The summed E-state index contributed by atoms with van der Waals surface area (Å²) in [6.07, 6.45) is 4.19. The summed E-state index contributed by atoms with van der Waals surface area (Å²) in [6, 6.07) is 10.6. The second kappa shape index (κ2) is 6.80. The van der Waals surface area contributed by atoms with Crippen molar-refractivity contribution in [1.29, 1.82) is 0 Å². The Morgan fingerprint density at radius 2 is 2.04 bits per heavy atom. The first-order valence-corrected chi connectivity index (χ1v) is 8.81. The Bertz CT molecular complexity index is 839. The second-order valence-corrected chi connectivity index (χ2v) is 6.64. The van der Waals surface area contributed by atoms with Gasteiger partial charge in [0.1, 0.15) is 11.6 Å². The van der Waals surface area contributed by atoms with E-state index in [1.54, 1.807) is 0 Å². The topological polar surface area (TPSA) is 60.0 Å². The van der Waals surface area contributed by atoms with E-state index in [-0.39, 0.29) is 0 Å². The Labute approximate surface area is 147 Å². The van der Waals surface area contributed by atoms with Crippen molar-refractivity contribution in [3.63, 3.8) is 0 Å². The molecule has 1 saturated heterocycles. The van der Waals surface area contributed by atoms with E-state index in [0.29, 0.717) is 6.04 Å². The van der Waals surface area contributed by atoms with E-state index < -0.39 is 0 Å². The molecule has 25 heavy (non-hydrogen) atoms. The number of aromatic nitrogens is 4. The fourth-order valence-corrected chi connectivity index (χ4v) is 3.54. The summed E-state index contributed by atoms with van der Waals surface area (Å²) < 4.78 is 7.99. The number of likely N-dealkylation sites (tertiary alicyclic amines) is 1. The Kier molecular flexibility index (Phi) is 4.36. The van der Waals surface area contributed by atoms with Gasteiger partial charge in [-0.25, -0.2) is 14.6 Å². The van der Waals surface area contributed by atoms with Crippen molar-refractivity contribution in [1.82, 2.24) is 24.6 Å². The lowest BCUT2D eigenvalue weighted by Gasteiger charge is -2.23. The first kappa shape index (κ1) is 16.0. The standard InChI is InChI=1S/C19H23N5O/c1-14-21-15(2)24(22-14)12-17-9-6-10-23(17)13-19-20-11-18(25-19)16-7-4-3-5-8-16/h3-5,7-8,11,17H,6,9-10,12-13H2,1-2H3/t17-/m1/s1. The molecule has 0 aliphatic carbocycles. The van der Waals surface area contributed by atoms with Crippen LogP contribution in [0, 0.1) is 13.8 Å². The van der Waals surface area contributed by atoms with Crippen LogP contribution in [-0.4, -0.2) is 37.2 Å². The van der Waals surface area contributed by atoms with E-state index >= 15 is 0 Å². The fourth-order valence-electron chi connectivity index (χ4n) is 3.54. The van der Waals surface area contributed by atoms with Crippen molar-refractivity contribution in [2.24, 2.45) is 0 Å². The van der Waals surface area contributed by atoms with Crippen LogP contribution >= 0.6 is 0 Å². The molecule has 0 amide bonds. The van der Waals surface area contributed by atoms with E-state index in [0.717, 1.165) is 48.5 Å². The smallest absolute Gasteiger partial charge is 0.209 e. The van der Waals surface area contributed by atoms with Gasteiger partial charge in [-0.05, 0) is 33.2 Å². The van der Waals surface area contributed by atoms with Crippen LogP contribution in [0.3, 0.4) is 0 Å². The van der Waals surface area contributed by atoms with Gasteiger partial charge < -0.3 is 4.42 Å². The molecule has 6 nitrogen and oxygen atoms in total. The van der Waals surface area contributed by atoms with Crippen molar-refractivity contribution in [2.45, 2.75) is 45.8 Å². The van der Waals surface area contributed by atoms with Gasteiger partial charge in [0, 0.05) is 11.6 Å². The monoisotopic (exact) mass is 337 g/mol. The molecule has 0 radical (unpaired) electrons. The van der Waals surface area contributed by atoms with Gasteiger partial charge in [0.25, 0.3) is 0 Å². The third-order valence-corrected chi connectivity index (χ3v) is 4.80. The molecule has 130 valence electrons. The quantitative estimate of drug-likeness (QED) is 0.715. The molecule has 1 aliphatic rings. The largest absolute Gasteiger partial charge is 0.439 e. The van der Waals surface area contributed by atoms with Crippen LogP contribution in [0.15, 0.2) is 40.9 Å². The van der Waals surface area contributed by atoms with Gasteiger partial charge in [-0.2, -0.15) is 5.10 Å². The highest BCUT2D eigenvalue weighted by Crippen LogP contribution is 2.24. The molecule has 4 rings (SSSR count). The van der Waals surface area contributed by atoms with Gasteiger partial charge in [0.2, 0.25) is 5.89 Å². The highest BCUT2D eigenvalue weighted by atomic mass is 16.4. The molecule has 0 N–H and O–H groups in total. The maximum absolute atomic E-state index is 5.97. The first-order valence-electron chi connectivity index (χ1n) is 8.81. The molecule has 0 saturated carbocycles. The zero-order valence-corrected chi connectivity index (χ0v) is 14.7. The van der Waals surface area contributed by atoms with Crippen molar-refractivity contribution in [3.05, 3.63) is 54.1 Å². The van der Waals surface area contributed by atoms with Gasteiger partial charge in [0.05, 0.1) is 19.3 Å². The van der Waals surface area contributed by atoms with E-state index in [2.05, 4.69) is 20.0 Å². The number of aryl methyl sites for hydroxylation is 2. The number of rotatable bonds is 5. The second-order valence-electron chi connectivity index (χ2n) is 6.64. The molecule has 0 bridgehead atoms. The Hall–Kier alpha value is -2.47. The molecule has 1 aromatic carbocycles. The molecule has 3 aromatic rings. The minimum atomic E-state index is 0.451. The van der Waals surface area contributed by atoms with Crippen molar-refractivity contribution >= 4 is 0 Å². The van der Waals surface area contributed by atoms with Crippen molar-refractivity contribution < 1.29 is 4.42 Å². The van der Waals surface area contributed by atoms with Crippen LogP contribution in [0.4, 0.5) is 0 Å². The van der Waals surface area contributed by atoms with E-state index in [9.17, 15) is 0 Å². The number of nitrogens with zero attached hydrogens (tertiary/aromatic N) is 5. The van der Waals surface area contributed by atoms with Crippen LogP contribution in [-0.2, 0) is 13.1 Å². The zero-order chi connectivity index (χ0) is 17.2. The summed E-state index contributed by atoms with van der Waals surface area (Å²) in [5.41, 5.74) is 1.06. The van der Waals surface area contributed by atoms with Gasteiger partial charge in [-0.15, -0.1) is 0 Å². The SMILES string of the molecule is Cc1nc(C)n(C[C@H]2CCCN2Cc2ncc(-c3ccccc3)o2)n1. The minimum Gasteiger partial charge on any atom is -0.439 e. The molecule has 6 heteroatoms. The van der Waals surface area contributed by atoms with E-state index in [4.69, 9.17) is 4.42 Å². The summed E-state index contributed by atoms with van der Waals surface area (Å²) in [4.78, 5) is 11.3. The molecule has 1 atom stereocenters. The van der Waals surface area contributed by atoms with Gasteiger partial charge >= 0.3 is 0 Å². The number of oxazole rings is 1. The first-order chi connectivity index (χ1) is 12.2. The van der Waals surface area contributed by atoms with Gasteiger partial charge in [0.15, 0.2) is 5.76 Å². The molecule has 0 spiro atoms. The summed E-state index contributed by atoms with van der Waals surface area (Å²) in [7, 11) is 0. The van der Waals surface area contributed by atoms with Crippen LogP contribution in [0.2, 0.25) is 0 Å². The highest BCUT2D eigenvalue weighted by molar-refractivity contribution is 5.55. The fraction of sp³-hybridized carbons (Fsp3) is 0.421. The third-order valence-electron chi connectivity index (χ3n) is 4.80. The Morgan fingerprint density at radius 3 is 2.80 bits per heavy atom. The average molecular weight is 337 g/mol. The van der Waals surface area contributed by atoms with Crippen LogP contribution < -0.4 is 0 Å². The summed E-state index contributed by atoms with van der Waals surface area (Å²) >= 11 is 0. The van der Waals surface area contributed by atoms with Crippen LogP contribution in [0.1, 0.15) is 30.4 Å². The summed E-state index contributed by atoms with van der Waals surface area (Å²) in [5.74, 6) is 3.42. The Balaban J connectivity index is 1.45. The van der Waals surface area contributed by atoms with Crippen molar-refractivity contribution in [3.8, 4) is 11.3 Å². The molecule has 0 unspecified atom stereocenters.